The fourth-order valence-corrected chi connectivity index (χ4v) is 2.66. The average Bonchev–Trinajstić information content (AvgIpc) is 2.50. The van der Waals surface area contributed by atoms with Crippen LogP contribution < -0.4 is 5.32 Å². The lowest BCUT2D eigenvalue weighted by molar-refractivity contribution is -0.118. The number of benzene rings is 1. The molecule has 0 saturated heterocycles. The van der Waals surface area contributed by atoms with Gasteiger partial charge in [-0.1, -0.05) is 50.0 Å². The summed E-state index contributed by atoms with van der Waals surface area (Å²) >= 11 is 12.1. The lowest BCUT2D eigenvalue weighted by atomic mass is 9.97. The molecule has 0 fully saturated rings. The highest BCUT2D eigenvalue weighted by molar-refractivity contribution is 6.39. The van der Waals surface area contributed by atoms with Crippen LogP contribution in [0.2, 0.25) is 10.0 Å². The molecule has 0 saturated carbocycles. The zero-order valence-corrected chi connectivity index (χ0v) is 14.8. The first-order chi connectivity index (χ1) is 10.3. The highest BCUT2D eigenvalue weighted by Gasteiger charge is 2.26. The number of aliphatic hydroxyl groups is 1. The van der Waals surface area contributed by atoms with Crippen molar-refractivity contribution in [1.82, 2.24) is 4.90 Å². The summed E-state index contributed by atoms with van der Waals surface area (Å²) in [6.45, 7) is 7.16. The van der Waals surface area contributed by atoms with E-state index >= 15 is 0 Å². The molecular weight excluding hydrogens is 323 g/mol. The summed E-state index contributed by atoms with van der Waals surface area (Å²) in [4.78, 5) is 14.1. The second-order valence-corrected chi connectivity index (χ2v) is 6.19. The number of carbonyl (C=O) groups is 1. The lowest BCUT2D eigenvalue weighted by Gasteiger charge is -2.32. The van der Waals surface area contributed by atoms with Crippen LogP contribution in [0.4, 0.5) is 5.69 Å². The standard InChI is InChI=1S/C16H24Cl2N2O2/c1-4-16(22,5-2)11-20(6-3)10-14(21)19-15-12(17)8-7-9-13(15)18/h7-9,22H,4-6,10-11H2,1-3H3,(H,19,21). The molecule has 6 heteroatoms. The number of nitrogens with zero attached hydrogens (tertiary/aromatic N) is 1. The normalized spacial score (nSPS) is 11.8. The minimum absolute atomic E-state index is 0.181. The molecule has 0 unspecified atom stereocenters. The Balaban J connectivity index is 2.70. The summed E-state index contributed by atoms with van der Waals surface area (Å²) in [5.74, 6) is -0.202. The van der Waals surface area contributed by atoms with Crippen LogP contribution in [0.25, 0.3) is 0 Å². The Hall–Kier alpha value is -0.810. The molecule has 0 spiro atoms. The van der Waals surface area contributed by atoms with Gasteiger partial charge in [-0.15, -0.1) is 0 Å². The van der Waals surface area contributed by atoms with Gasteiger partial charge in [0.2, 0.25) is 5.91 Å². The van der Waals surface area contributed by atoms with E-state index in [0.717, 1.165) is 0 Å². The van der Waals surface area contributed by atoms with Gasteiger partial charge in [0, 0.05) is 6.54 Å². The Morgan fingerprint density at radius 1 is 1.23 bits per heavy atom. The number of anilines is 1. The highest BCUT2D eigenvalue weighted by atomic mass is 35.5. The molecule has 0 aliphatic heterocycles. The Morgan fingerprint density at radius 2 is 1.77 bits per heavy atom. The lowest BCUT2D eigenvalue weighted by Crippen LogP contribution is -2.45. The number of amides is 1. The predicted octanol–water partition coefficient (Wildman–Crippen LogP) is 3.80. The number of rotatable bonds is 8. The van der Waals surface area contributed by atoms with Crippen LogP contribution >= 0.6 is 23.2 Å². The summed E-state index contributed by atoms with van der Waals surface area (Å²) in [6, 6.07) is 5.07. The number of hydrogen-bond acceptors (Lipinski definition) is 3. The third-order valence-electron chi connectivity index (χ3n) is 3.88. The molecule has 2 N–H and O–H groups in total. The topological polar surface area (TPSA) is 52.6 Å². The summed E-state index contributed by atoms with van der Waals surface area (Å²) in [7, 11) is 0. The van der Waals surface area contributed by atoms with E-state index in [0.29, 0.717) is 41.7 Å². The molecule has 1 rings (SSSR count). The van der Waals surface area contributed by atoms with Crippen molar-refractivity contribution in [2.75, 3.05) is 25.0 Å². The third kappa shape index (κ3) is 5.43. The van der Waals surface area contributed by atoms with E-state index in [2.05, 4.69) is 5.32 Å². The Bertz CT molecular complexity index is 485. The van der Waals surface area contributed by atoms with Gasteiger partial charge in [-0.3, -0.25) is 9.69 Å². The van der Waals surface area contributed by atoms with Crippen molar-refractivity contribution >= 4 is 34.8 Å². The number of para-hydroxylation sites is 1. The van der Waals surface area contributed by atoms with E-state index in [1.165, 1.54) is 0 Å². The molecule has 0 heterocycles. The zero-order chi connectivity index (χ0) is 16.8. The van der Waals surface area contributed by atoms with Gasteiger partial charge >= 0.3 is 0 Å². The minimum Gasteiger partial charge on any atom is -0.389 e. The Morgan fingerprint density at radius 3 is 2.23 bits per heavy atom. The van der Waals surface area contributed by atoms with E-state index in [1.54, 1.807) is 18.2 Å². The maximum atomic E-state index is 12.2. The molecule has 0 aliphatic rings. The zero-order valence-electron chi connectivity index (χ0n) is 13.3. The maximum absolute atomic E-state index is 12.2. The van der Waals surface area contributed by atoms with Crippen molar-refractivity contribution in [3.8, 4) is 0 Å². The maximum Gasteiger partial charge on any atom is 0.238 e. The second kappa shape index (κ2) is 8.73. The summed E-state index contributed by atoms with van der Waals surface area (Å²) in [5.41, 5.74) is -0.341. The van der Waals surface area contributed by atoms with Gasteiger partial charge in [-0.25, -0.2) is 0 Å². The molecule has 1 aromatic rings. The largest absolute Gasteiger partial charge is 0.389 e. The molecule has 0 aromatic heterocycles. The highest BCUT2D eigenvalue weighted by Crippen LogP contribution is 2.29. The Kier molecular flexibility index (Phi) is 7.63. The molecule has 0 radical (unpaired) electrons. The molecule has 0 bridgehead atoms. The van der Waals surface area contributed by atoms with Crippen LogP contribution in [0.15, 0.2) is 18.2 Å². The van der Waals surface area contributed by atoms with Gasteiger partial charge in [-0.05, 0) is 31.5 Å². The first-order valence-corrected chi connectivity index (χ1v) is 8.29. The predicted molar refractivity (Wildman–Crippen MR) is 92.7 cm³/mol. The second-order valence-electron chi connectivity index (χ2n) is 5.38. The molecule has 22 heavy (non-hydrogen) atoms. The molecule has 124 valence electrons. The molecule has 4 nitrogen and oxygen atoms in total. The molecule has 0 aliphatic carbocycles. The van der Waals surface area contributed by atoms with Crippen LogP contribution in [0.1, 0.15) is 33.6 Å². The third-order valence-corrected chi connectivity index (χ3v) is 4.51. The molecule has 1 aromatic carbocycles. The fourth-order valence-electron chi connectivity index (χ4n) is 2.17. The van der Waals surface area contributed by atoms with Gasteiger partial charge in [-0.2, -0.15) is 0 Å². The molecule has 1 amide bonds. The van der Waals surface area contributed by atoms with Crippen LogP contribution in [0.3, 0.4) is 0 Å². The number of halogens is 2. The number of hydrogen-bond donors (Lipinski definition) is 2. The van der Waals surface area contributed by atoms with E-state index < -0.39 is 5.60 Å². The summed E-state index contributed by atoms with van der Waals surface area (Å²) in [5, 5.41) is 14.0. The first-order valence-electron chi connectivity index (χ1n) is 7.53. The van der Waals surface area contributed by atoms with E-state index in [4.69, 9.17) is 23.2 Å². The molecule has 0 atom stereocenters. The SMILES string of the molecule is CCN(CC(=O)Nc1c(Cl)cccc1Cl)CC(O)(CC)CC. The summed E-state index contributed by atoms with van der Waals surface area (Å²) < 4.78 is 0. The Labute approximate surface area is 142 Å². The number of nitrogens with one attached hydrogen (secondary N) is 1. The number of likely N-dealkylation sites (N-methyl/N-ethyl adjacent to an activating group) is 1. The minimum atomic E-state index is -0.766. The van der Waals surface area contributed by atoms with Gasteiger partial charge in [0.1, 0.15) is 0 Å². The average molecular weight is 347 g/mol. The van der Waals surface area contributed by atoms with Crippen molar-refractivity contribution in [3.05, 3.63) is 28.2 Å². The van der Waals surface area contributed by atoms with E-state index in [-0.39, 0.29) is 12.5 Å². The monoisotopic (exact) mass is 346 g/mol. The smallest absolute Gasteiger partial charge is 0.238 e. The van der Waals surface area contributed by atoms with E-state index in [1.807, 2.05) is 25.7 Å². The van der Waals surface area contributed by atoms with Crippen LogP contribution in [0.5, 0.6) is 0 Å². The van der Waals surface area contributed by atoms with Crippen LogP contribution in [0, 0.1) is 0 Å². The van der Waals surface area contributed by atoms with Crippen molar-refractivity contribution in [2.45, 2.75) is 39.2 Å². The van der Waals surface area contributed by atoms with Crippen molar-refractivity contribution in [1.29, 1.82) is 0 Å². The first kappa shape index (κ1) is 19.2. The van der Waals surface area contributed by atoms with Gasteiger partial charge in [0.15, 0.2) is 0 Å². The van der Waals surface area contributed by atoms with Crippen molar-refractivity contribution in [2.24, 2.45) is 0 Å². The van der Waals surface area contributed by atoms with Crippen LogP contribution in [-0.4, -0.2) is 41.1 Å². The van der Waals surface area contributed by atoms with E-state index in [9.17, 15) is 9.90 Å². The quantitative estimate of drug-likeness (QED) is 0.752. The van der Waals surface area contributed by atoms with Gasteiger partial charge in [0.05, 0.1) is 27.9 Å². The van der Waals surface area contributed by atoms with Crippen LogP contribution in [-0.2, 0) is 4.79 Å². The fraction of sp³-hybridized carbons (Fsp3) is 0.562. The van der Waals surface area contributed by atoms with Gasteiger partial charge in [0.25, 0.3) is 0 Å². The summed E-state index contributed by atoms with van der Waals surface area (Å²) in [6.07, 6.45) is 1.30. The molecular formula is C16H24Cl2N2O2. The van der Waals surface area contributed by atoms with Gasteiger partial charge < -0.3 is 10.4 Å². The number of carbonyl (C=O) groups excluding carboxylic acids is 1. The van der Waals surface area contributed by atoms with Crippen molar-refractivity contribution in [3.63, 3.8) is 0 Å². The van der Waals surface area contributed by atoms with Crippen molar-refractivity contribution < 1.29 is 9.90 Å².